The number of hydrogen-bond acceptors (Lipinski definition) is 4. The van der Waals surface area contributed by atoms with Crippen LogP contribution in [0.3, 0.4) is 0 Å². The number of ether oxygens (including phenoxy) is 2. The third-order valence-electron chi connectivity index (χ3n) is 5.16. The standard InChI is InChI=1S/C21H21N3O3/c22-13-16-4-1-2-5-17(16)23-21(25)14-24-9-3-6-18(24)15-7-8-19-20(12-15)27-11-10-26-19/h1-2,4-5,7-8,12,18H,3,6,9-11,14H2,(H,23,25)/p+1/t18-/m0/s1. The van der Waals surface area contributed by atoms with Crippen LogP contribution in [-0.2, 0) is 4.79 Å². The third kappa shape index (κ3) is 3.74. The van der Waals surface area contributed by atoms with Crippen LogP contribution in [0, 0.1) is 11.3 Å². The van der Waals surface area contributed by atoms with Crippen LogP contribution in [0.15, 0.2) is 42.5 Å². The molecule has 2 aliphatic rings. The van der Waals surface area contributed by atoms with E-state index in [1.165, 1.54) is 10.5 Å². The molecule has 2 heterocycles. The number of hydrogen-bond donors (Lipinski definition) is 2. The number of carbonyl (C=O) groups excluding carboxylic acids is 1. The van der Waals surface area contributed by atoms with Gasteiger partial charge in [0.05, 0.1) is 17.8 Å². The van der Waals surface area contributed by atoms with Crippen LogP contribution in [-0.4, -0.2) is 32.2 Å². The van der Waals surface area contributed by atoms with E-state index < -0.39 is 0 Å². The lowest BCUT2D eigenvalue weighted by atomic mass is 10.0. The largest absolute Gasteiger partial charge is 0.486 e. The van der Waals surface area contributed by atoms with Gasteiger partial charge in [0.25, 0.3) is 5.91 Å². The van der Waals surface area contributed by atoms with Crippen molar-refractivity contribution in [3.8, 4) is 17.6 Å². The number of nitrogens with zero attached hydrogens (tertiary/aromatic N) is 1. The molecule has 138 valence electrons. The number of quaternary nitrogens is 1. The molecule has 1 saturated heterocycles. The summed E-state index contributed by atoms with van der Waals surface area (Å²) in [6.45, 7) is 2.47. The minimum absolute atomic E-state index is 0.0721. The summed E-state index contributed by atoms with van der Waals surface area (Å²) >= 11 is 0. The highest BCUT2D eigenvalue weighted by molar-refractivity contribution is 5.92. The molecule has 6 heteroatoms. The van der Waals surface area contributed by atoms with Gasteiger partial charge in [-0.2, -0.15) is 5.26 Å². The van der Waals surface area contributed by atoms with Crippen molar-refractivity contribution in [1.29, 1.82) is 5.26 Å². The van der Waals surface area contributed by atoms with Crippen molar-refractivity contribution in [1.82, 2.24) is 0 Å². The first kappa shape index (κ1) is 17.4. The lowest BCUT2D eigenvalue weighted by molar-refractivity contribution is -0.910. The molecular weight excluding hydrogens is 342 g/mol. The molecular formula is C21H22N3O3+. The third-order valence-corrected chi connectivity index (χ3v) is 5.16. The summed E-state index contributed by atoms with van der Waals surface area (Å²) in [5.41, 5.74) is 2.22. The summed E-state index contributed by atoms with van der Waals surface area (Å²) in [6, 6.07) is 15.5. The Morgan fingerprint density at radius 1 is 1.19 bits per heavy atom. The van der Waals surface area contributed by atoms with Crippen LogP contribution in [0.25, 0.3) is 0 Å². The molecule has 1 unspecified atom stereocenters. The highest BCUT2D eigenvalue weighted by Gasteiger charge is 2.32. The molecule has 2 N–H and O–H groups in total. The quantitative estimate of drug-likeness (QED) is 0.866. The first-order valence-corrected chi connectivity index (χ1v) is 9.27. The number of anilines is 1. The lowest BCUT2D eigenvalue weighted by Crippen LogP contribution is -3.11. The minimum Gasteiger partial charge on any atom is -0.486 e. The second kappa shape index (κ2) is 7.68. The summed E-state index contributed by atoms with van der Waals surface area (Å²) in [7, 11) is 0. The summed E-state index contributed by atoms with van der Waals surface area (Å²) in [5.74, 6) is 1.50. The van der Waals surface area contributed by atoms with Gasteiger partial charge in [0.2, 0.25) is 0 Å². The van der Waals surface area contributed by atoms with Gasteiger partial charge >= 0.3 is 0 Å². The van der Waals surface area contributed by atoms with Crippen LogP contribution in [0.4, 0.5) is 5.69 Å². The predicted molar refractivity (Wildman–Crippen MR) is 99.9 cm³/mol. The average Bonchev–Trinajstić information content (AvgIpc) is 3.16. The topological polar surface area (TPSA) is 75.8 Å². The number of amides is 1. The first-order valence-electron chi connectivity index (χ1n) is 9.27. The zero-order valence-corrected chi connectivity index (χ0v) is 15.0. The minimum atomic E-state index is -0.0721. The van der Waals surface area contributed by atoms with Gasteiger partial charge in [-0.3, -0.25) is 4.79 Å². The van der Waals surface area contributed by atoms with Crippen LogP contribution in [0.5, 0.6) is 11.5 Å². The molecule has 4 rings (SSSR count). The number of nitriles is 1. The number of para-hydroxylation sites is 1. The Morgan fingerprint density at radius 3 is 2.85 bits per heavy atom. The molecule has 0 saturated carbocycles. The van der Waals surface area contributed by atoms with Gasteiger partial charge in [0.1, 0.15) is 25.3 Å². The molecule has 2 aromatic rings. The second-order valence-electron chi connectivity index (χ2n) is 6.89. The fourth-order valence-electron chi connectivity index (χ4n) is 3.89. The van der Waals surface area contributed by atoms with Gasteiger partial charge in [0.15, 0.2) is 18.0 Å². The van der Waals surface area contributed by atoms with Crippen LogP contribution in [0.1, 0.15) is 30.0 Å². The Hall–Kier alpha value is -3.04. The van der Waals surface area contributed by atoms with Gasteiger partial charge in [-0.25, -0.2) is 0 Å². The smallest absolute Gasteiger partial charge is 0.279 e. The predicted octanol–water partition coefficient (Wildman–Crippen LogP) is 1.69. The van der Waals surface area contributed by atoms with E-state index in [-0.39, 0.29) is 11.9 Å². The van der Waals surface area contributed by atoms with E-state index in [2.05, 4.69) is 17.5 Å². The fraction of sp³-hybridized carbons (Fsp3) is 0.333. The zero-order valence-electron chi connectivity index (χ0n) is 15.0. The normalized spacial score (nSPS) is 20.7. The van der Waals surface area contributed by atoms with Crippen molar-refractivity contribution in [3.63, 3.8) is 0 Å². The van der Waals surface area contributed by atoms with Crippen molar-refractivity contribution >= 4 is 11.6 Å². The second-order valence-corrected chi connectivity index (χ2v) is 6.89. The SMILES string of the molecule is N#Cc1ccccc1NC(=O)C[NH+]1CCC[C@H]1c1ccc2c(c1)OCCO2. The van der Waals surface area contributed by atoms with Crippen LogP contribution >= 0.6 is 0 Å². The molecule has 6 nitrogen and oxygen atoms in total. The number of benzene rings is 2. The Morgan fingerprint density at radius 2 is 2.00 bits per heavy atom. The van der Waals surface area contributed by atoms with Crippen LogP contribution in [0.2, 0.25) is 0 Å². The van der Waals surface area contributed by atoms with Crippen molar-refractivity contribution < 1.29 is 19.2 Å². The zero-order chi connectivity index (χ0) is 18.6. The molecule has 1 fully saturated rings. The van der Waals surface area contributed by atoms with E-state index in [4.69, 9.17) is 9.47 Å². The van der Waals surface area contributed by atoms with E-state index in [0.29, 0.717) is 31.0 Å². The Balaban J connectivity index is 1.46. The molecule has 1 amide bonds. The van der Waals surface area contributed by atoms with E-state index in [1.54, 1.807) is 18.2 Å². The average molecular weight is 364 g/mol. The number of rotatable bonds is 4. The van der Waals surface area contributed by atoms with Crippen molar-refractivity contribution in [3.05, 3.63) is 53.6 Å². The number of likely N-dealkylation sites (tertiary alicyclic amines) is 1. The summed E-state index contributed by atoms with van der Waals surface area (Å²) in [6.07, 6.45) is 2.12. The molecule has 27 heavy (non-hydrogen) atoms. The molecule has 0 radical (unpaired) electrons. The maximum atomic E-state index is 12.6. The number of carbonyl (C=O) groups is 1. The fourth-order valence-corrected chi connectivity index (χ4v) is 3.89. The summed E-state index contributed by atoms with van der Waals surface area (Å²) in [4.78, 5) is 13.8. The van der Waals surface area contributed by atoms with Gasteiger partial charge in [-0.15, -0.1) is 0 Å². The Kier molecular flexibility index (Phi) is 4.95. The van der Waals surface area contributed by atoms with E-state index in [0.717, 1.165) is 30.9 Å². The van der Waals surface area contributed by atoms with Crippen molar-refractivity contribution in [2.24, 2.45) is 0 Å². The molecule has 0 aliphatic carbocycles. The van der Waals surface area contributed by atoms with Crippen molar-refractivity contribution in [2.75, 3.05) is 31.6 Å². The van der Waals surface area contributed by atoms with Gasteiger partial charge in [-0.1, -0.05) is 12.1 Å². The van der Waals surface area contributed by atoms with Gasteiger partial charge in [-0.05, 0) is 30.3 Å². The summed E-state index contributed by atoms with van der Waals surface area (Å²) in [5, 5.41) is 12.1. The molecule has 0 bridgehead atoms. The first-order chi connectivity index (χ1) is 13.2. The maximum absolute atomic E-state index is 12.6. The Bertz CT molecular complexity index is 890. The number of nitrogens with one attached hydrogen (secondary N) is 2. The lowest BCUT2D eigenvalue weighted by Gasteiger charge is -2.24. The Labute approximate surface area is 158 Å². The molecule has 2 atom stereocenters. The molecule has 2 aromatic carbocycles. The maximum Gasteiger partial charge on any atom is 0.279 e. The molecule has 2 aliphatic heterocycles. The molecule has 0 spiro atoms. The highest BCUT2D eigenvalue weighted by atomic mass is 16.6. The monoisotopic (exact) mass is 364 g/mol. The van der Waals surface area contributed by atoms with Crippen molar-refractivity contribution in [2.45, 2.75) is 18.9 Å². The molecule has 0 aromatic heterocycles. The van der Waals surface area contributed by atoms with Gasteiger partial charge in [0, 0.05) is 18.4 Å². The van der Waals surface area contributed by atoms with Gasteiger partial charge < -0.3 is 19.7 Å². The number of fused-ring (bicyclic) bond motifs is 1. The summed E-state index contributed by atoms with van der Waals surface area (Å²) < 4.78 is 11.3. The van der Waals surface area contributed by atoms with E-state index in [1.807, 2.05) is 18.2 Å². The van der Waals surface area contributed by atoms with E-state index >= 15 is 0 Å². The van der Waals surface area contributed by atoms with E-state index in [9.17, 15) is 10.1 Å². The van der Waals surface area contributed by atoms with Crippen LogP contribution < -0.4 is 19.7 Å². The highest BCUT2D eigenvalue weighted by Crippen LogP contribution is 2.33.